The summed E-state index contributed by atoms with van der Waals surface area (Å²) in [5, 5.41) is 9.21. The summed E-state index contributed by atoms with van der Waals surface area (Å²) in [6, 6.07) is 5.42. The topological polar surface area (TPSA) is 54.4 Å². The van der Waals surface area contributed by atoms with Gasteiger partial charge in [0.15, 0.2) is 5.78 Å². The quantitative estimate of drug-likeness (QED) is 0.832. The van der Waals surface area contributed by atoms with Crippen LogP contribution in [0.15, 0.2) is 18.2 Å². The number of carboxylic acid groups (broad SMARTS) is 1. The molecular formula is C14H15ClO3. The van der Waals surface area contributed by atoms with E-state index in [0.29, 0.717) is 17.9 Å². The van der Waals surface area contributed by atoms with E-state index in [-0.39, 0.29) is 18.1 Å². The predicted molar refractivity (Wildman–Crippen MR) is 69.1 cm³/mol. The Labute approximate surface area is 111 Å². The molecule has 1 aliphatic rings. The first kappa shape index (κ1) is 13.1. The molecular weight excluding hydrogens is 252 g/mol. The van der Waals surface area contributed by atoms with Gasteiger partial charge in [-0.25, -0.2) is 0 Å². The minimum absolute atomic E-state index is 0.0197. The summed E-state index contributed by atoms with van der Waals surface area (Å²) in [4.78, 5) is 22.5. The zero-order chi connectivity index (χ0) is 13.1. The van der Waals surface area contributed by atoms with Crippen molar-refractivity contribution >= 4 is 23.4 Å². The number of carbonyl (C=O) groups is 2. The van der Waals surface area contributed by atoms with Gasteiger partial charge in [0.05, 0.1) is 0 Å². The van der Waals surface area contributed by atoms with Crippen LogP contribution in [0, 0.1) is 5.92 Å². The number of carboxylic acids is 1. The summed E-state index contributed by atoms with van der Waals surface area (Å²) < 4.78 is 0. The van der Waals surface area contributed by atoms with Crippen LogP contribution >= 0.6 is 11.6 Å². The summed E-state index contributed by atoms with van der Waals surface area (Å²) in [7, 11) is 0. The highest BCUT2D eigenvalue weighted by molar-refractivity contribution is 6.32. The molecule has 0 saturated carbocycles. The van der Waals surface area contributed by atoms with Crippen molar-refractivity contribution in [3.05, 3.63) is 34.3 Å². The molecule has 1 atom stereocenters. The summed E-state index contributed by atoms with van der Waals surface area (Å²) in [5.74, 6) is -0.643. The number of carbonyl (C=O) groups excluding carboxylic acids is 1. The minimum atomic E-state index is -0.779. The minimum Gasteiger partial charge on any atom is -0.481 e. The largest absolute Gasteiger partial charge is 0.481 e. The Kier molecular flexibility index (Phi) is 4.02. The number of fused-ring (bicyclic) bond motifs is 1. The number of Topliss-reactive ketones (excluding diaryl/α,β-unsaturated/α-hetero) is 1. The molecule has 1 aromatic rings. The van der Waals surface area contributed by atoms with Gasteiger partial charge in [0.1, 0.15) is 0 Å². The van der Waals surface area contributed by atoms with Gasteiger partial charge >= 0.3 is 5.97 Å². The normalized spacial score (nSPS) is 17.8. The molecule has 1 unspecified atom stereocenters. The van der Waals surface area contributed by atoms with E-state index in [0.717, 1.165) is 24.0 Å². The lowest BCUT2D eigenvalue weighted by atomic mass is 9.97. The van der Waals surface area contributed by atoms with E-state index in [4.69, 9.17) is 16.7 Å². The maximum absolute atomic E-state index is 12.1. The van der Waals surface area contributed by atoms with E-state index in [2.05, 4.69) is 0 Å². The first-order valence-electron chi connectivity index (χ1n) is 6.13. The van der Waals surface area contributed by atoms with Crippen LogP contribution in [0.2, 0.25) is 5.02 Å². The molecule has 0 radical (unpaired) electrons. The van der Waals surface area contributed by atoms with Crippen LogP contribution in [-0.4, -0.2) is 16.9 Å². The molecule has 18 heavy (non-hydrogen) atoms. The fourth-order valence-corrected chi connectivity index (χ4v) is 2.71. The number of ketones is 1. The molecule has 0 aromatic heterocycles. The van der Waals surface area contributed by atoms with Crippen molar-refractivity contribution in [1.29, 1.82) is 0 Å². The van der Waals surface area contributed by atoms with Crippen molar-refractivity contribution in [2.24, 2.45) is 5.92 Å². The van der Waals surface area contributed by atoms with Crippen LogP contribution in [0.5, 0.6) is 0 Å². The van der Waals surface area contributed by atoms with E-state index < -0.39 is 5.97 Å². The second-order valence-electron chi connectivity index (χ2n) is 4.67. The second kappa shape index (κ2) is 5.53. The van der Waals surface area contributed by atoms with Gasteiger partial charge in [-0.1, -0.05) is 30.2 Å². The number of rotatable bonds is 5. The van der Waals surface area contributed by atoms with Crippen LogP contribution < -0.4 is 0 Å². The summed E-state index contributed by atoms with van der Waals surface area (Å²) in [6.07, 6.45) is 3.02. The molecule has 3 nitrogen and oxygen atoms in total. The molecule has 0 spiro atoms. The molecule has 96 valence electrons. The summed E-state index contributed by atoms with van der Waals surface area (Å²) in [5.41, 5.74) is 1.69. The number of hydrogen-bond donors (Lipinski definition) is 1. The molecule has 0 fully saturated rings. The molecule has 1 N–H and O–H groups in total. The Morgan fingerprint density at radius 1 is 1.39 bits per heavy atom. The summed E-state index contributed by atoms with van der Waals surface area (Å²) in [6.45, 7) is 0. The highest BCUT2D eigenvalue weighted by Gasteiger charge is 2.31. The Morgan fingerprint density at radius 2 is 2.17 bits per heavy atom. The Morgan fingerprint density at radius 3 is 2.83 bits per heavy atom. The van der Waals surface area contributed by atoms with Crippen molar-refractivity contribution < 1.29 is 14.7 Å². The van der Waals surface area contributed by atoms with Crippen LogP contribution in [0.1, 0.15) is 41.6 Å². The third-order valence-corrected chi connectivity index (χ3v) is 3.75. The van der Waals surface area contributed by atoms with Gasteiger partial charge < -0.3 is 5.11 Å². The number of unbranched alkanes of at least 4 members (excludes halogenated alkanes) is 1. The zero-order valence-corrected chi connectivity index (χ0v) is 10.7. The van der Waals surface area contributed by atoms with Gasteiger partial charge in [-0.05, 0) is 30.9 Å². The maximum atomic E-state index is 12.1. The fraction of sp³-hybridized carbons (Fsp3) is 0.429. The van der Waals surface area contributed by atoms with Gasteiger partial charge in [-0.3, -0.25) is 9.59 Å². The van der Waals surface area contributed by atoms with Crippen molar-refractivity contribution in [3.8, 4) is 0 Å². The second-order valence-corrected chi connectivity index (χ2v) is 5.08. The van der Waals surface area contributed by atoms with Crippen molar-refractivity contribution in [2.75, 3.05) is 0 Å². The molecule has 4 heteroatoms. The van der Waals surface area contributed by atoms with Gasteiger partial charge in [0.25, 0.3) is 0 Å². The molecule has 0 amide bonds. The Hall–Kier alpha value is -1.35. The molecule has 0 heterocycles. The number of halogens is 1. The average Bonchev–Trinajstić information content (AvgIpc) is 2.64. The lowest BCUT2D eigenvalue weighted by Crippen LogP contribution is -2.09. The molecule has 0 bridgehead atoms. The summed E-state index contributed by atoms with van der Waals surface area (Å²) >= 11 is 6.07. The van der Waals surface area contributed by atoms with E-state index in [9.17, 15) is 9.59 Å². The highest BCUT2D eigenvalue weighted by Crippen LogP contribution is 2.34. The van der Waals surface area contributed by atoms with Gasteiger partial charge in [-0.2, -0.15) is 0 Å². The van der Waals surface area contributed by atoms with Crippen LogP contribution in [-0.2, 0) is 11.2 Å². The monoisotopic (exact) mass is 266 g/mol. The Bertz CT molecular complexity index is 482. The van der Waals surface area contributed by atoms with E-state index in [1.165, 1.54) is 0 Å². The first-order valence-corrected chi connectivity index (χ1v) is 6.51. The lowest BCUT2D eigenvalue weighted by Gasteiger charge is -2.06. The SMILES string of the molecule is O=C(O)CCCCC1Cc2c(Cl)cccc2C1=O. The van der Waals surface area contributed by atoms with Crippen LogP contribution in [0.25, 0.3) is 0 Å². The fourth-order valence-electron chi connectivity index (χ4n) is 2.46. The smallest absolute Gasteiger partial charge is 0.303 e. The van der Waals surface area contributed by atoms with Crippen molar-refractivity contribution in [1.82, 2.24) is 0 Å². The highest BCUT2D eigenvalue weighted by atomic mass is 35.5. The molecule has 1 aliphatic carbocycles. The standard InChI is InChI=1S/C14H15ClO3/c15-12-6-3-5-10-11(12)8-9(14(10)18)4-1-2-7-13(16)17/h3,5-6,9H,1-2,4,7-8H2,(H,16,17). The van der Waals surface area contributed by atoms with Gasteiger partial charge in [-0.15, -0.1) is 0 Å². The van der Waals surface area contributed by atoms with Gasteiger partial charge in [0, 0.05) is 22.9 Å². The third kappa shape index (κ3) is 2.72. The number of hydrogen-bond acceptors (Lipinski definition) is 2. The molecule has 2 rings (SSSR count). The van der Waals surface area contributed by atoms with Crippen molar-refractivity contribution in [2.45, 2.75) is 32.1 Å². The Balaban J connectivity index is 1.93. The molecule has 1 aromatic carbocycles. The first-order chi connectivity index (χ1) is 8.59. The maximum Gasteiger partial charge on any atom is 0.303 e. The molecule has 0 saturated heterocycles. The van der Waals surface area contributed by atoms with Crippen molar-refractivity contribution in [3.63, 3.8) is 0 Å². The zero-order valence-electron chi connectivity index (χ0n) is 9.99. The molecule has 0 aliphatic heterocycles. The number of aliphatic carboxylic acids is 1. The lowest BCUT2D eigenvalue weighted by molar-refractivity contribution is -0.137. The van der Waals surface area contributed by atoms with Crippen LogP contribution in [0.4, 0.5) is 0 Å². The van der Waals surface area contributed by atoms with E-state index >= 15 is 0 Å². The number of benzene rings is 1. The predicted octanol–water partition coefficient (Wildman–Crippen LogP) is 3.34. The average molecular weight is 267 g/mol. The van der Waals surface area contributed by atoms with Crippen LogP contribution in [0.3, 0.4) is 0 Å². The third-order valence-electron chi connectivity index (χ3n) is 3.40. The van der Waals surface area contributed by atoms with Gasteiger partial charge in [0.2, 0.25) is 0 Å². The van der Waals surface area contributed by atoms with E-state index in [1.807, 2.05) is 6.07 Å². The van der Waals surface area contributed by atoms with E-state index in [1.54, 1.807) is 12.1 Å².